The predicted octanol–water partition coefficient (Wildman–Crippen LogP) is 3.83. The molecule has 1 aromatic rings. The summed E-state index contributed by atoms with van der Waals surface area (Å²) < 4.78 is 129. The minimum Gasteiger partial charge on any atom is -0.489 e. The number of alkyl halides is 3. The second-order valence-corrected chi connectivity index (χ2v) is 10.7. The monoisotopic (exact) mass is 536 g/mol. The van der Waals surface area contributed by atoms with Crippen molar-refractivity contribution >= 4 is 25.7 Å². The first-order valence-corrected chi connectivity index (χ1v) is 13.3. The van der Waals surface area contributed by atoms with Crippen molar-refractivity contribution in [2.75, 3.05) is 31.2 Å². The van der Waals surface area contributed by atoms with Gasteiger partial charge in [-0.2, -0.15) is 13.2 Å². The van der Waals surface area contributed by atoms with E-state index in [0.29, 0.717) is 17.0 Å². The van der Waals surface area contributed by atoms with Crippen LogP contribution >= 0.6 is 0 Å². The Morgan fingerprint density at radius 2 is 1.44 bits per heavy atom. The Morgan fingerprint density at radius 3 is 1.94 bits per heavy atom. The molecule has 0 saturated heterocycles. The molecule has 1 aromatic carbocycles. The van der Waals surface area contributed by atoms with Crippen molar-refractivity contribution in [2.24, 2.45) is 0 Å². The minimum absolute atomic E-state index is 0.147. The topological polar surface area (TPSA) is 102 Å². The molecule has 0 saturated carbocycles. The third-order valence-electron chi connectivity index (χ3n) is 4.69. The highest BCUT2D eigenvalue weighted by molar-refractivity contribution is 8.05. The van der Waals surface area contributed by atoms with Gasteiger partial charge in [0.15, 0.2) is 28.0 Å². The fourth-order valence-corrected chi connectivity index (χ4v) is 5.93. The molecular weight excluding hydrogens is 511 g/mol. The van der Waals surface area contributed by atoms with Crippen LogP contribution in [0.4, 0.5) is 27.6 Å². The first-order valence-electron chi connectivity index (χ1n) is 10.3. The normalized spacial score (nSPS) is 17.0. The number of hydrogen-bond acceptors (Lipinski definition) is 7. The van der Waals surface area contributed by atoms with E-state index in [1.54, 1.807) is 0 Å². The van der Waals surface area contributed by atoms with E-state index < -0.39 is 59.3 Å². The van der Waals surface area contributed by atoms with Crippen molar-refractivity contribution in [3.8, 4) is 11.5 Å². The maximum absolute atomic E-state index is 15.6. The molecule has 0 atom stereocenters. The van der Waals surface area contributed by atoms with Crippen LogP contribution in [0.25, 0.3) is 0 Å². The fraction of sp³-hybridized carbons (Fsp3) is 0.579. The van der Waals surface area contributed by atoms with Crippen LogP contribution in [0.3, 0.4) is 0 Å². The number of anilines is 1. The standard InChI is InChI=1S/C19H25F5N2O6S2/c1-3-31-16-13(20)15(26-11-9-7-5-6-8-10-12-26)14(21)17(32-4-2)18(16)33(27,28)25-34(29,30)19(22,23)24/h5,7,25H,3-4,6,8-12H2,1-2H3/b7-5-. The van der Waals surface area contributed by atoms with Gasteiger partial charge >= 0.3 is 15.5 Å². The first-order chi connectivity index (χ1) is 15.8. The molecule has 0 unspecified atom stereocenters. The summed E-state index contributed by atoms with van der Waals surface area (Å²) in [5, 5.41) is 0. The lowest BCUT2D eigenvalue weighted by atomic mass is 10.2. The summed E-state index contributed by atoms with van der Waals surface area (Å²) in [6, 6.07) is 0. The van der Waals surface area contributed by atoms with E-state index in [-0.39, 0.29) is 26.3 Å². The van der Waals surface area contributed by atoms with Gasteiger partial charge in [-0.25, -0.2) is 25.6 Å². The summed E-state index contributed by atoms with van der Waals surface area (Å²) in [5.74, 6) is -5.31. The number of halogens is 5. The molecule has 1 aliphatic heterocycles. The molecule has 1 N–H and O–H groups in total. The number of rotatable bonds is 8. The number of ether oxygens (including phenoxy) is 2. The molecule has 1 aliphatic rings. The number of nitrogens with one attached hydrogen (secondary N) is 1. The first kappa shape index (κ1) is 28.1. The van der Waals surface area contributed by atoms with Crippen molar-refractivity contribution in [1.29, 1.82) is 0 Å². The third kappa shape index (κ3) is 6.10. The third-order valence-corrected chi connectivity index (χ3v) is 7.97. The smallest absolute Gasteiger partial charge is 0.489 e. The van der Waals surface area contributed by atoms with Crippen molar-refractivity contribution < 1.29 is 48.3 Å². The Balaban J connectivity index is 2.80. The maximum atomic E-state index is 15.6. The molecule has 0 amide bonds. The van der Waals surface area contributed by atoms with E-state index in [2.05, 4.69) is 0 Å². The van der Waals surface area contributed by atoms with Gasteiger partial charge in [-0.15, -0.1) is 0 Å². The molecule has 194 valence electrons. The molecule has 34 heavy (non-hydrogen) atoms. The van der Waals surface area contributed by atoms with Crippen LogP contribution in [0.15, 0.2) is 17.0 Å². The number of benzene rings is 1. The van der Waals surface area contributed by atoms with Crippen LogP contribution in [0, 0.1) is 11.6 Å². The molecule has 0 bridgehead atoms. The fourth-order valence-electron chi connectivity index (χ4n) is 3.28. The Hall–Kier alpha value is -2.13. The maximum Gasteiger partial charge on any atom is 0.512 e. The Labute approximate surface area is 194 Å². The molecule has 0 aliphatic carbocycles. The number of hydrogen-bond donors (Lipinski definition) is 1. The van der Waals surface area contributed by atoms with E-state index in [9.17, 15) is 30.0 Å². The van der Waals surface area contributed by atoms with Gasteiger partial charge in [0.25, 0.3) is 10.0 Å². The average molecular weight is 537 g/mol. The second-order valence-electron chi connectivity index (χ2n) is 7.11. The number of allylic oxidation sites excluding steroid dienone is 1. The van der Waals surface area contributed by atoms with Gasteiger partial charge in [-0.05, 0) is 39.5 Å². The SMILES string of the molecule is CCOc1c(F)c(N2CC/C=C\CCCC2)c(F)c(OCC)c1S(=O)(=O)NS(=O)(=O)C(F)(F)F. The van der Waals surface area contributed by atoms with Gasteiger partial charge in [0, 0.05) is 13.1 Å². The van der Waals surface area contributed by atoms with Gasteiger partial charge in [0.2, 0.25) is 0 Å². The van der Waals surface area contributed by atoms with Gasteiger partial charge in [0.05, 0.1) is 13.2 Å². The molecule has 15 heteroatoms. The number of sulfonamides is 2. The Bertz CT molecular complexity index is 1090. The van der Waals surface area contributed by atoms with Crippen molar-refractivity contribution in [3.63, 3.8) is 0 Å². The van der Waals surface area contributed by atoms with E-state index in [0.717, 1.165) is 12.8 Å². The highest BCUT2D eigenvalue weighted by Crippen LogP contribution is 2.45. The summed E-state index contributed by atoms with van der Waals surface area (Å²) >= 11 is 0. The molecule has 1 heterocycles. The molecular formula is C19H25F5N2O6S2. The van der Waals surface area contributed by atoms with Gasteiger partial charge in [-0.3, -0.25) is 0 Å². The van der Waals surface area contributed by atoms with Crippen molar-refractivity contribution in [3.05, 3.63) is 23.8 Å². The zero-order chi connectivity index (χ0) is 25.7. The Morgan fingerprint density at radius 1 is 0.912 bits per heavy atom. The van der Waals surface area contributed by atoms with Crippen LogP contribution in [-0.2, 0) is 20.0 Å². The zero-order valence-electron chi connectivity index (χ0n) is 18.4. The highest BCUT2D eigenvalue weighted by atomic mass is 32.3. The van der Waals surface area contributed by atoms with Crippen LogP contribution in [0.1, 0.15) is 39.5 Å². The molecule has 0 radical (unpaired) electrons. The highest BCUT2D eigenvalue weighted by Gasteiger charge is 2.50. The van der Waals surface area contributed by atoms with Gasteiger partial charge < -0.3 is 14.4 Å². The summed E-state index contributed by atoms with van der Waals surface area (Å²) in [6.45, 7) is 2.25. The summed E-state index contributed by atoms with van der Waals surface area (Å²) in [6.07, 6.45) is 6.20. The molecule has 0 fully saturated rings. The largest absolute Gasteiger partial charge is 0.512 e. The molecule has 0 aromatic heterocycles. The molecule has 2 rings (SSSR count). The average Bonchev–Trinajstić information content (AvgIpc) is 2.84. The van der Waals surface area contributed by atoms with Crippen LogP contribution in [0.2, 0.25) is 0 Å². The molecule has 0 spiro atoms. The van der Waals surface area contributed by atoms with E-state index in [4.69, 9.17) is 9.47 Å². The quantitative estimate of drug-likeness (QED) is 0.398. The van der Waals surface area contributed by atoms with Gasteiger partial charge in [0.1, 0.15) is 5.69 Å². The van der Waals surface area contributed by atoms with E-state index >= 15 is 8.78 Å². The van der Waals surface area contributed by atoms with Crippen molar-refractivity contribution in [1.82, 2.24) is 4.13 Å². The summed E-state index contributed by atoms with van der Waals surface area (Å²) in [7, 11) is -12.2. The lowest BCUT2D eigenvalue weighted by Crippen LogP contribution is -2.40. The number of nitrogens with zero attached hydrogens (tertiary/aromatic N) is 1. The Kier molecular flexibility index (Phi) is 9.16. The van der Waals surface area contributed by atoms with Crippen molar-refractivity contribution in [2.45, 2.75) is 49.9 Å². The van der Waals surface area contributed by atoms with Crippen LogP contribution in [-0.4, -0.2) is 48.6 Å². The lowest BCUT2D eigenvalue weighted by molar-refractivity contribution is -0.0441. The zero-order valence-corrected chi connectivity index (χ0v) is 20.0. The van der Waals surface area contributed by atoms with Crippen LogP contribution in [0.5, 0.6) is 11.5 Å². The minimum atomic E-state index is -6.45. The lowest BCUT2D eigenvalue weighted by Gasteiger charge is -2.28. The van der Waals surface area contributed by atoms with Gasteiger partial charge in [-0.1, -0.05) is 16.3 Å². The predicted molar refractivity (Wildman–Crippen MR) is 114 cm³/mol. The second kappa shape index (κ2) is 11.1. The van der Waals surface area contributed by atoms with Crippen LogP contribution < -0.4 is 18.5 Å². The summed E-state index contributed by atoms with van der Waals surface area (Å²) in [4.78, 5) is -0.200. The summed E-state index contributed by atoms with van der Waals surface area (Å²) in [5.41, 5.74) is -6.69. The molecule has 8 nitrogen and oxygen atoms in total. The van der Waals surface area contributed by atoms with E-state index in [1.807, 2.05) is 12.2 Å². The van der Waals surface area contributed by atoms with E-state index in [1.165, 1.54) is 18.7 Å².